The fraction of sp³-hybridized carbons (Fsp3) is 0.600. The van der Waals surface area contributed by atoms with Crippen LogP contribution in [-0.4, -0.2) is 39.0 Å². The van der Waals surface area contributed by atoms with Gasteiger partial charge in [-0.05, 0) is 18.9 Å². The maximum atomic E-state index is 12.3. The Morgan fingerprint density at radius 2 is 2.12 bits per heavy atom. The van der Waals surface area contributed by atoms with Crippen molar-refractivity contribution in [3.05, 3.63) is 11.4 Å². The molecule has 1 fully saturated rings. The second-order valence-corrected chi connectivity index (χ2v) is 7.20. The molecule has 5 nitrogen and oxygen atoms in total. The normalized spacial score (nSPS) is 18.7. The molecule has 2 heterocycles. The number of sulfonamides is 1. The quantitative estimate of drug-likeness (QED) is 0.898. The van der Waals surface area contributed by atoms with Crippen LogP contribution < -0.4 is 5.73 Å². The maximum absolute atomic E-state index is 12.3. The van der Waals surface area contributed by atoms with Crippen LogP contribution in [0.25, 0.3) is 0 Å². The Labute approximate surface area is 105 Å². The molecule has 7 heteroatoms. The molecule has 1 aliphatic rings. The van der Waals surface area contributed by atoms with E-state index in [-0.39, 0.29) is 6.04 Å². The number of nitrogens with zero attached hydrogens (tertiary/aromatic N) is 1. The summed E-state index contributed by atoms with van der Waals surface area (Å²) in [6.07, 6.45) is 1.49. The first-order chi connectivity index (χ1) is 8.01. The van der Waals surface area contributed by atoms with E-state index in [1.807, 2.05) is 0 Å². The lowest BCUT2D eigenvalue weighted by atomic mass is 10.1. The third kappa shape index (κ3) is 2.62. The summed E-state index contributed by atoms with van der Waals surface area (Å²) in [7, 11) is -1.78. The van der Waals surface area contributed by atoms with Crippen LogP contribution in [0.1, 0.15) is 12.8 Å². The summed E-state index contributed by atoms with van der Waals surface area (Å²) in [4.78, 5) is 0. The Morgan fingerprint density at radius 1 is 1.47 bits per heavy atom. The fourth-order valence-corrected chi connectivity index (χ4v) is 4.53. The molecular formula is C10H16N2O3S2. The Bertz CT molecular complexity index is 477. The highest BCUT2D eigenvalue weighted by atomic mass is 32.2. The molecule has 1 aliphatic heterocycles. The Kier molecular flexibility index (Phi) is 3.72. The fourth-order valence-electron chi connectivity index (χ4n) is 1.85. The zero-order chi connectivity index (χ0) is 12.5. The molecule has 1 saturated heterocycles. The van der Waals surface area contributed by atoms with E-state index >= 15 is 0 Å². The van der Waals surface area contributed by atoms with Crippen LogP contribution >= 0.6 is 11.3 Å². The number of ether oxygens (including phenoxy) is 1. The molecule has 96 valence electrons. The van der Waals surface area contributed by atoms with Gasteiger partial charge in [-0.2, -0.15) is 4.31 Å². The third-order valence-electron chi connectivity index (χ3n) is 2.93. The first-order valence-corrected chi connectivity index (χ1v) is 7.73. The summed E-state index contributed by atoms with van der Waals surface area (Å²) >= 11 is 1.16. The molecule has 1 aromatic heterocycles. The number of anilines is 1. The van der Waals surface area contributed by atoms with Gasteiger partial charge in [0.05, 0.1) is 0 Å². The molecule has 0 aromatic carbocycles. The molecule has 2 rings (SSSR count). The van der Waals surface area contributed by atoms with Crippen molar-refractivity contribution in [1.29, 1.82) is 0 Å². The van der Waals surface area contributed by atoms with Crippen molar-refractivity contribution in [2.24, 2.45) is 0 Å². The Balaban J connectivity index is 2.20. The highest BCUT2D eigenvalue weighted by molar-refractivity contribution is 7.91. The largest absolute Gasteiger partial charge is 0.398 e. The molecular weight excluding hydrogens is 260 g/mol. The van der Waals surface area contributed by atoms with Crippen LogP contribution in [-0.2, 0) is 14.8 Å². The van der Waals surface area contributed by atoms with Crippen molar-refractivity contribution in [3.63, 3.8) is 0 Å². The lowest BCUT2D eigenvalue weighted by molar-refractivity contribution is 0.0632. The zero-order valence-corrected chi connectivity index (χ0v) is 11.3. The molecule has 0 unspecified atom stereocenters. The second kappa shape index (κ2) is 4.93. The van der Waals surface area contributed by atoms with Crippen molar-refractivity contribution in [2.75, 3.05) is 26.0 Å². The Morgan fingerprint density at radius 3 is 2.65 bits per heavy atom. The smallest absolute Gasteiger partial charge is 0.252 e. The summed E-state index contributed by atoms with van der Waals surface area (Å²) in [6.45, 7) is 1.24. The van der Waals surface area contributed by atoms with Gasteiger partial charge in [-0.3, -0.25) is 0 Å². The number of hydrogen-bond donors (Lipinski definition) is 1. The average molecular weight is 276 g/mol. The van der Waals surface area contributed by atoms with Crippen molar-refractivity contribution in [3.8, 4) is 0 Å². The van der Waals surface area contributed by atoms with Gasteiger partial charge < -0.3 is 10.5 Å². The van der Waals surface area contributed by atoms with E-state index in [0.29, 0.717) is 23.1 Å². The number of hydrogen-bond acceptors (Lipinski definition) is 5. The molecule has 17 heavy (non-hydrogen) atoms. The molecule has 0 saturated carbocycles. The second-order valence-electron chi connectivity index (χ2n) is 4.06. The SMILES string of the molecule is CN(C1CCOCC1)S(=O)(=O)c1cc(N)cs1. The van der Waals surface area contributed by atoms with Crippen LogP contribution in [0.2, 0.25) is 0 Å². The Hall–Kier alpha value is -0.630. The van der Waals surface area contributed by atoms with Crippen LogP contribution in [0.4, 0.5) is 5.69 Å². The van der Waals surface area contributed by atoms with Crippen molar-refractivity contribution >= 4 is 27.0 Å². The number of thiophene rings is 1. The van der Waals surface area contributed by atoms with E-state index < -0.39 is 10.0 Å². The van der Waals surface area contributed by atoms with E-state index in [1.54, 1.807) is 12.4 Å². The number of nitrogens with two attached hydrogens (primary N) is 1. The van der Waals surface area contributed by atoms with Crippen LogP contribution in [0.3, 0.4) is 0 Å². The third-order valence-corrected chi connectivity index (χ3v) is 6.28. The van der Waals surface area contributed by atoms with E-state index in [9.17, 15) is 8.42 Å². The summed E-state index contributed by atoms with van der Waals surface area (Å²) in [6, 6.07) is 1.53. The molecule has 0 radical (unpaired) electrons. The molecule has 2 N–H and O–H groups in total. The topological polar surface area (TPSA) is 72.6 Å². The van der Waals surface area contributed by atoms with Gasteiger partial charge >= 0.3 is 0 Å². The standard InChI is InChI=1S/C10H16N2O3S2/c1-12(9-2-4-15-5-3-9)17(13,14)10-6-8(11)7-16-10/h6-7,9H,2-5,11H2,1H3. The molecule has 1 aromatic rings. The van der Waals surface area contributed by atoms with Crippen molar-refractivity contribution < 1.29 is 13.2 Å². The van der Waals surface area contributed by atoms with Crippen LogP contribution in [0, 0.1) is 0 Å². The molecule has 0 aliphatic carbocycles. The minimum absolute atomic E-state index is 0.0251. The van der Waals surface area contributed by atoms with Gasteiger partial charge in [0, 0.05) is 37.4 Å². The number of nitrogen functional groups attached to an aromatic ring is 1. The van der Waals surface area contributed by atoms with Gasteiger partial charge in [0.2, 0.25) is 0 Å². The highest BCUT2D eigenvalue weighted by Gasteiger charge is 2.30. The van der Waals surface area contributed by atoms with Gasteiger partial charge in [-0.15, -0.1) is 11.3 Å². The van der Waals surface area contributed by atoms with Gasteiger partial charge in [-0.25, -0.2) is 8.42 Å². The lowest BCUT2D eigenvalue weighted by Crippen LogP contribution is -2.40. The lowest BCUT2D eigenvalue weighted by Gasteiger charge is -2.29. The predicted molar refractivity (Wildman–Crippen MR) is 67.5 cm³/mol. The van der Waals surface area contributed by atoms with Gasteiger partial charge in [0.1, 0.15) is 4.21 Å². The van der Waals surface area contributed by atoms with E-state index in [1.165, 1.54) is 10.4 Å². The van der Waals surface area contributed by atoms with E-state index in [4.69, 9.17) is 10.5 Å². The van der Waals surface area contributed by atoms with Crippen molar-refractivity contribution in [1.82, 2.24) is 4.31 Å². The first-order valence-electron chi connectivity index (χ1n) is 5.41. The average Bonchev–Trinajstić information content (AvgIpc) is 2.77. The van der Waals surface area contributed by atoms with Crippen LogP contribution in [0.5, 0.6) is 0 Å². The van der Waals surface area contributed by atoms with Gasteiger partial charge in [0.15, 0.2) is 0 Å². The van der Waals surface area contributed by atoms with Crippen LogP contribution in [0.15, 0.2) is 15.7 Å². The molecule has 0 spiro atoms. The molecule has 0 atom stereocenters. The molecule has 0 bridgehead atoms. The monoisotopic (exact) mass is 276 g/mol. The van der Waals surface area contributed by atoms with E-state index in [0.717, 1.165) is 24.2 Å². The first kappa shape index (κ1) is 12.8. The zero-order valence-electron chi connectivity index (χ0n) is 9.63. The summed E-state index contributed by atoms with van der Waals surface area (Å²) < 4.78 is 31.6. The van der Waals surface area contributed by atoms with Crippen molar-refractivity contribution in [2.45, 2.75) is 23.1 Å². The highest BCUT2D eigenvalue weighted by Crippen LogP contribution is 2.27. The summed E-state index contributed by atoms with van der Waals surface area (Å²) in [5.74, 6) is 0. The minimum atomic E-state index is -3.40. The minimum Gasteiger partial charge on any atom is -0.398 e. The molecule has 0 amide bonds. The van der Waals surface area contributed by atoms with E-state index in [2.05, 4.69) is 0 Å². The summed E-state index contributed by atoms with van der Waals surface area (Å²) in [5, 5.41) is 1.64. The predicted octanol–water partition coefficient (Wildman–Crippen LogP) is 1.13. The maximum Gasteiger partial charge on any atom is 0.252 e. The van der Waals surface area contributed by atoms with Gasteiger partial charge in [-0.1, -0.05) is 0 Å². The summed E-state index contributed by atoms with van der Waals surface area (Å²) in [5.41, 5.74) is 6.06. The number of rotatable bonds is 3. The van der Waals surface area contributed by atoms with Gasteiger partial charge in [0.25, 0.3) is 10.0 Å².